The van der Waals surface area contributed by atoms with E-state index in [9.17, 15) is 4.79 Å². The summed E-state index contributed by atoms with van der Waals surface area (Å²) in [6, 6.07) is 18.9. The molecule has 3 atom stereocenters. The molecule has 3 aliphatic rings. The van der Waals surface area contributed by atoms with Crippen LogP contribution in [0.5, 0.6) is 5.75 Å². The van der Waals surface area contributed by atoms with E-state index in [4.69, 9.17) is 4.74 Å². The summed E-state index contributed by atoms with van der Waals surface area (Å²) in [5.74, 6) is 2.23. The van der Waals surface area contributed by atoms with Gasteiger partial charge in [0.25, 0.3) is 0 Å². The van der Waals surface area contributed by atoms with Crippen molar-refractivity contribution in [2.75, 3.05) is 26.7 Å². The molecular weight excluding hydrogens is 336 g/mol. The van der Waals surface area contributed by atoms with Gasteiger partial charge in [-0.2, -0.15) is 0 Å². The number of hydrogen-bond acceptors (Lipinski definition) is 3. The lowest BCUT2D eigenvalue weighted by Gasteiger charge is -2.32. The first-order chi connectivity index (χ1) is 13.2. The van der Waals surface area contributed by atoms with Crippen molar-refractivity contribution in [2.45, 2.75) is 24.3 Å². The van der Waals surface area contributed by atoms with Gasteiger partial charge in [-0.25, -0.2) is 0 Å². The molecule has 2 heterocycles. The van der Waals surface area contributed by atoms with Gasteiger partial charge in [0.15, 0.2) is 0 Å². The topological polar surface area (TPSA) is 41.6 Å². The zero-order valence-corrected chi connectivity index (χ0v) is 15.7. The third-order valence-corrected chi connectivity index (χ3v) is 6.77. The Morgan fingerprint density at radius 2 is 1.81 bits per heavy atom. The fourth-order valence-electron chi connectivity index (χ4n) is 5.14. The van der Waals surface area contributed by atoms with E-state index in [0.29, 0.717) is 17.7 Å². The van der Waals surface area contributed by atoms with Gasteiger partial charge in [-0.05, 0) is 42.0 Å². The van der Waals surface area contributed by atoms with Gasteiger partial charge in [0.1, 0.15) is 5.75 Å². The van der Waals surface area contributed by atoms with Crippen LogP contribution in [0.3, 0.4) is 0 Å². The van der Waals surface area contributed by atoms with Crippen LogP contribution in [0.25, 0.3) is 0 Å². The average molecular weight is 362 g/mol. The van der Waals surface area contributed by atoms with Crippen molar-refractivity contribution in [3.63, 3.8) is 0 Å². The number of methoxy groups -OCH3 is 1. The molecule has 27 heavy (non-hydrogen) atoms. The number of fused-ring (bicyclic) bond motifs is 1. The minimum absolute atomic E-state index is 0.189. The van der Waals surface area contributed by atoms with E-state index < -0.39 is 0 Å². The zero-order valence-electron chi connectivity index (χ0n) is 15.7. The van der Waals surface area contributed by atoms with Gasteiger partial charge in [0.05, 0.1) is 18.6 Å². The van der Waals surface area contributed by atoms with E-state index in [-0.39, 0.29) is 11.5 Å². The molecule has 1 N–H and O–H groups in total. The van der Waals surface area contributed by atoms with E-state index in [1.807, 2.05) is 12.1 Å². The van der Waals surface area contributed by atoms with E-state index in [0.717, 1.165) is 43.8 Å². The lowest BCUT2D eigenvalue weighted by molar-refractivity contribution is -0.135. The molecule has 140 valence electrons. The molecule has 2 saturated heterocycles. The van der Waals surface area contributed by atoms with Crippen molar-refractivity contribution < 1.29 is 9.53 Å². The van der Waals surface area contributed by atoms with Crippen LogP contribution in [-0.2, 0) is 10.2 Å². The maximum absolute atomic E-state index is 13.8. The van der Waals surface area contributed by atoms with Gasteiger partial charge < -0.3 is 15.0 Å². The molecule has 0 radical (unpaired) electrons. The summed E-state index contributed by atoms with van der Waals surface area (Å²) >= 11 is 0. The summed E-state index contributed by atoms with van der Waals surface area (Å²) in [6.07, 6.45) is 1.90. The van der Waals surface area contributed by atoms with Crippen molar-refractivity contribution in [2.24, 2.45) is 11.8 Å². The number of nitrogens with zero attached hydrogens (tertiary/aromatic N) is 1. The first-order valence-electron chi connectivity index (χ1n) is 9.94. The Bertz CT molecular complexity index is 829. The second-order valence-electron chi connectivity index (χ2n) is 8.21. The molecule has 2 aliphatic heterocycles. The molecule has 1 saturated carbocycles. The van der Waals surface area contributed by atoms with Crippen LogP contribution in [-0.4, -0.2) is 37.6 Å². The maximum atomic E-state index is 13.8. The second kappa shape index (κ2) is 6.38. The van der Waals surface area contributed by atoms with Crippen molar-refractivity contribution in [3.05, 3.63) is 65.7 Å². The highest BCUT2D eigenvalue weighted by Crippen LogP contribution is 2.53. The molecule has 0 bridgehead atoms. The van der Waals surface area contributed by atoms with Gasteiger partial charge in [-0.15, -0.1) is 0 Å². The lowest BCUT2D eigenvalue weighted by Crippen LogP contribution is -2.41. The van der Waals surface area contributed by atoms with E-state index >= 15 is 0 Å². The molecule has 2 aromatic carbocycles. The molecule has 0 aromatic heterocycles. The number of likely N-dealkylation sites (tertiary alicyclic amines) is 1. The predicted octanol–water partition coefficient (Wildman–Crippen LogP) is 3.15. The Kier molecular flexibility index (Phi) is 3.97. The number of carbonyl (C=O) groups is 1. The highest BCUT2D eigenvalue weighted by molar-refractivity contribution is 5.92. The van der Waals surface area contributed by atoms with Crippen LogP contribution in [0.1, 0.15) is 30.0 Å². The summed E-state index contributed by atoms with van der Waals surface area (Å²) in [6.45, 7) is 2.89. The SMILES string of the molecule is COc1ccc(C2(C(=O)N3C[C@@H]4CNC[C@@H]4[C@@H]3c3ccccc3)CC2)cc1. The molecule has 1 aliphatic carbocycles. The summed E-state index contributed by atoms with van der Waals surface area (Å²) in [7, 11) is 1.68. The molecule has 0 spiro atoms. The monoisotopic (exact) mass is 362 g/mol. The predicted molar refractivity (Wildman–Crippen MR) is 105 cm³/mol. The third kappa shape index (κ3) is 2.66. The minimum Gasteiger partial charge on any atom is -0.497 e. The Morgan fingerprint density at radius 1 is 1.07 bits per heavy atom. The lowest BCUT2D eigenvalue weighted by atomic mass is 9.88. The van der Waals surface area contributed by atoms with Gasteiger partial charge in [-0.3, -0.25) is 4.79 Å². The zero-order chi connectivity index (χ0) is 18.4. The van der Waals surface area contributed by atoms with Crippen LogP contribution in [0, 0.1) is 11.8 Å². The quantitative estimate of drug-likeness (QED) is 0.908. The second-order valence-corrected chi connectivity index (χ2v) is 8.21. The van der Waals surface area contributed by atoms with Crippen LogP contribution >= 0.6 is 0 Å². The third-order valence-electron chi connectivity index (χ3n) is 6.77. The van der Waals surface area contributed by atoms with Gasteiger partial charge >= 0.3 is 0 Å². The van der Waals surface area contributed by atoms with E-state index in [1.54, 1.807) is 7.11 Å². The van der Waals surface area contributed by atoms with Crippen molar-refractivity contribution in [1.29, 1.82) is 0 Å². The number of hydrogen-bond donors (Lipinski definition) is 1. The number of ether oxygens (including phenoxy) is 1. The number of rotatable bonds is 4. The van der Waals surface area contributed by atoms with Crippen LogP contribution in [0.4, 0.5) is 0 Å². The van der Waals surface area contributed by atoms with Crippen molar-refractivity contribution in [1.82, 2.24) is 10.2 Å². The Balaban J connectivity index is 1.48. The largest absolute Gasteiger partial charge is 0.497 e. The summed E-state index contributed by atoms with van der Waals surface area (Å²) < 4.78 is 5.29. The van der Waals surface area contributed by atoms with Gasteiger partial charge in [0, 0.05) is 25.6 Å². The highest BCUT2D eigenvalue weighted by atomic mass is 16.5. The Hall–Kier alpha value is -2.33. The summed E-state index contributed by atoms with van der Waals surface area (Å²) in [5.41, 5.74) is 2.08. The fourth-order valence-corrected chi connectivity index (χ4v) is 5.14. The van der Waals surface area contributed by atoms with E-state index in [2.05, 4.69) is 52.7 Å². The number of nitrogens with one attached hydrogen (secondary N) is 1. The fraction of sp³-hybridized carbons (Fsp3) is 0.435. The first-order valence-corrected chi connectivity index (χ1v) is 9.94. The van der Waals surface area contributed by atoms with Crippen molar-refractivity contribution in [3.8, 4) is 5.75 Å². The number of carbonyl (C=O) groups excluding carboxylic acids is 1. The molecular formula is C23H26N2O2. The normalized spacial score (nSPS) is 28.0. The van der Waals surface area contributed by atoms with Crippen molar-refractivity contribution >= 4 is 5.91 Å². The molecule has 2 aromatic rings. The summed E-state index contributed by atoms with van der Waals surface area (Å²) in [5, 5.41) is 3.53. The molecule has 4 heteroatoms. The van der Waals surface area contributed by atoms with Crippen LogP contribution in [0.15, 0.2) is 54.6 Å². The number of amides is 1. The van der Waals surface area contributed by atoms with E-state index in [1.165, 1.54) is 5.56 Å². The molecule has 4 nitrogen and oxygen atoms in total. The first kappa shape index (κ1) is 16.8. The average Bonchev–Trinajstić information content (AvgIpc) is 3.27. The van der Waals surface area contributed by atoms with Gasteiger partial charge in [0.2, 0.25) is 5.91 Å². The molecule has 0 unspecified atom stereocenters. The molecule has 5 rings (SSSR count). The van der Waals surface area contributed by atoms with Gasteiger partial charge in [-0.1, -0.05) is 42.5 Å². The molecule has 1 amide bonds. The van der Waals surface area contributed by atoms with Crippen LogP contribution in [0.2, 0.25) is 0 Å². The highest BCUT2D eigenvalue weighted by Gasteiger charge is 2.57. The number of benzene rings is 2. The van der Waals surface area contributed by atoms with Crippen LogP contribution < -0.4 is 10.1 Å². The maximum Gasteiger partial charge on any atom is 0.233 e. The summed E-state index contributed by atoms with van der Waals surface area (Å²) in [4.78, 5) is 16.0. The standard InChI is InChI=1S/C23H26N2O2/c1-27-19-9-7-18(8-10-19)23(11-12-23)22(26)25-15-17-13-24-14-20(17)21(25)16-5-3-2-4-6-16/h2-10,17,20-21,24H,11-15H2,1H3/t17-,20-,21-/m0/s1. The Morgan fingerprint density at radius 3 is 2.48 bits per heavy atom. The minimum atomic E-state index is -0.328. The molecule has 3 fully saturated rings. The Labute approximate surface area is 160 Å². The smallest absolute Gasteiger partial charge is 0.233 e.